The Kier molecular flexibility index (Phi) is 18.3. The second kappa shape index (κ2) is 17.7. The molecular formula is C27H42BN3O4SY3. The minimum Gasteiger partial charge on any atom is -0.360 e. The maximum Gasteiger partial charge on any atom is 0.244 e. The molecule has 207 valence electrons. The van der Waals surface area contributed by atoms with E-state index in [1.807, 2.05) is 40.7 Å². The zero-order valence-corrected chi connectivity index (χ0v) is 33.5. The number of likely N-dealkylation sites (tertiary alicyclic amines) is 1. The number of nitrogens with zero attached hydrogens (tertiary/aromatic N) is 1. The third-order valence-electron chi connectivity index (χ3n) is 7.98. The Morgan fingerprint density at radius 3 is 2.26 bits per heavy atom. The quantitative estimate of drug-likeness (QED) is 0.356. The van der Waals surface area contributed by atoms with E-state index >= 15 is 0 Å². The molecule has 2 fully saturated rings. The Labute approximate surface area is 312 Å². The van der Waals surface area contributed by atoms with Crippen LogP contribution in [0.25, 0.3) is 0 Å². The zero-order valence-electron chi connectivity index (χ0n) is 24.2. The van der Waals surface area contributed by atoms with Crippen molar-refractivity contribution in [3.8, 4) is 0 Å². The molecule has 12 heteroatoms. The fraction of sp³-hybridized carbons (Fsp3) is 0.704. The molecule has 0 spiro atoms. The second-order valence-electron chi connectivity index (χ2n) is 11.3. The number of carbonyl (C=O) groups is 2. The van der Waals surface area contributed by atoms with Crippen LogP contribution in [0.4, 0.5) is 0 Å². The minimum absolute atomic E-state index is 0. The van der Waals surface area contributed by atoms with Gasteiger partial charge in [-0.3, -0.25) is 9.59 Å². The number of hydrogen-bond donors (Lipinski definition) is 2. The van der Waals surface area contributed by atoms with E-state index in [1.54, 1.807) is 17.0 Å². The molecule has 2 aliphatic rings. The van der Waals surface area contributed by atoms with Gasteiger partial charge in [-0.1, -0.05) is 71.9 Å². The second-order valence-corrected chi connectivity index (χ2v) is 13.0. The number of carbonyl (C=O) groups excluding carboxylic acids is 2. The van der Waals surface area contributed by atoms with E-state index in [2.05, 4.69) is 10.0 Å². The molecule has 0 aromatic heterocycles. The molecule has 3 rings (SSSR count). The van der Waals surface area contributed by atoms with Crippen molar-refractivity contribution in [1.82, 2.24) is 14.9 Å². The van der Waals surface area contributed by atoms with Crippen LogP contribution in [-0.4, -0.2) is 57.0 Å². The first-order chi connectivity index (χ1) is 16.9. The third-order valence-corrected chi connectivity index (χ3v) is 9.49. The van der Waals surface area contributed by atoms with E-state index in [4.69, 9.17) is 7.85 Å². The van der Waals surface area contributed by atoms with E-state index in [-0.39, 0.29) is 127 Å². The van der Waals surface area contributed by atoms with E-state index in [0.717, 1.165) is 31.2 Å². The van der Waals surface area contributed by atoms with Gasteiger partial charge in [0.1, 0.15) is 11.6 Å². The van der Waals surface area contributed by atoms with Crippen LogP contribution in [0.2, 0.25) is 0 Å². The van der Waals surface area contributed by atoms with Gasteiger partial charge < -0.3 is 10.2 Å². The first-order valence-corrected chi connectivity index (χ1v) is 14.8. The van der Waals surface area contributed by atoms with Crippen molar-refractivity contribution in [2.45, 2.75) is 102 Å². The molecule has 5 radical (unpaired) electrons. The van der Waals surface area contributed by atoms with Crippen molar-refractivity contribution in [2.24, 2.45) is 17.8 Å². The summed E-state index contributed by atoms with van der Waals surface area (Å²) in [5.74, 6) is -0.992. The van der Waals surface area contributed by atoms with Gasteiger partial charge in [0.15, 0.2) is 0 Å². The van der Waals surface area contributed by atoms with Gasteiger partial charge in [-0.2, -0.15) is 4.72 Å². The predicted molar refractivity (Wildman–Crippen MR) is 143 cm³/mol. The van der Waals surface area contributed by atoms with Crippen molar-refractivity contribution in [3.05, 3.63) is 29.8 Å². The molecule has 1 heterocycles. The minimum atomic E-state index is -3.95. The first kappa shape index (κ1) is 40.4. The first-order valence-electron chi connectivity index (χ1n) is 13.3. The molecule has 0 bridgehead atoms. The van der Waals surface area contributed by atoms with Gasteiger partial charge in [0.2, 0.25) is 21.8 Å². The number of rotatable bonds is 10. The van der Waals surface area contributed by atoms with Gasteiger partial charge in [0, 0.05) is 105 Å². The molecule has 3 atom stereocenters. The van der Waals surface area contributed by atoms with Crippen LogP contribution in [0.3, 0.4) is 0 Å². The molecule has 1 aliphatic carbocycles. The van der Waals surface area contributed by atoms with Crippen LogP contribution < -0.4 is 10.0 Å². The fourth-order valence-corrected chi connectivity index (χ4v) is 7.05. The molecule has 2 N–H and O–H groups in total. The molecule has 1 aromatic carbocycles. The molecule has 1 saturated carbocycles. The molecule has 39 heavy (non-hydrogen) atoms. The van der Waals surface area contributed by atoms with Gasteiger partial charge in [-0.25, -0.2) is 8.42 Å². The van der Waals surface area contributed by atoms with Crippen LogP contribution in [0.1, 0.15) is 78.2 Å². The average Bonchev–Trinajstić information content (AvgIpc) is 3.14. The molecule has 1 aliphatic heterocycles. The number of hydrogen-bond acceptors (Lipinski definition) is 4. The molecule has 0 unspecified atom stereocenters. The topological polar surface area (TPSA) is 95.6 Å². The summed E-state index contributed by atoms with van der Waals surface area (Å²) in [6.07, 6.45) is 6.41. The summed E-state index contributed by atoms with van der Waals surface area (Å²) in [7, 11) is 2.21. The largest absolute Gasteiger partial charge is 0.360 e. The summed E-state index contributed by atoms with van der Waals surface area (Å²) >= 11 is 0. The van der Waals surface area contributed by atoms with Crippen molar-refractivity contribution >= 4 is 29.7 Å². The summed E-state index contributed by atoms with van der Waals surface area (Å²) in [6.45, 7) is 9.72. The van der Waals surface area contributed by atoms with Crippen molar-refractivity contribution in [3.63, 3.8) is 0 Å². The Bertz CT molecular complexity index is 1050. The molecule has 1 saturated heterocycles. The van der Waals surface area contributed by atoms with E-state index in [0.29, 0.717) is 25.3 Å². The Morgan fingerprint density at radius 2 is 1.72 bits per heavy atom. The van der Waals surface area contributed by atoms with Crippen molar-refractivity contribution in [2.75, 3.05) is 6.54 Å². The Morgan fingerprint density at radius 1 is 1.10 bits per heavy atom. The van der Waals surface area contributed by atoms with Crippen LogP contribution in [0.15, 0.2) is 29.2 Å². The van der Waals surface area contributed by atoms with E-state index in [1.165, 1.54) is 12.5 Å². The number of nitrogens with one attached hydrogen (secondary N) is 2. The molecule has 2 amide bonds. The summed E-state index contributed by atoms with van der Waals surface area (Å²) in [6, 6.07) is 5.98. The van der Waals surface area contributed by atoms with Gasteiger partial charge in [0.25, 0.3) is 0 Å². The standard InChI is InChI=1S/C27H42BN3O4S.3Y/c1-18(2)24(28)29-25(32)23(17-21-11-7-6-8-12-21)31-15-14-27(19(3)4,26(31)33)30-36(34,35)22-13-9-10-20(5)16-22;;;/h9-10,13,16,18-19,21,23-24,30H,6-8,11-12,14-15,17H2,1-5H3,(H,29,32);;;/t23-,24-,27-;;;/m0.../s1. The number of aryl methyl sites for hydroxylation is 1. The van der Waals surface area contributed by atoms with Gasteiger partial charge in [-0.15, -0.1) is 0 Å². The maximum absolute atomic E-state index is 14.0. The molecular weight excluding hydrogens is 740 g/mol. The SMILES string of the molecule is [B][C@@H](NC(=O)[C@H](CC1CCCCC1)N1CC[C@](NS(=O)(=O)c2cccc(C)c2)(C(C)C)C1=O)C(C)C.[Y].[Y].[Y]. The Balaban J connectivity index is 0.00000481. The van der Waals surface area contributed by atoms with Gasteiger partial charge >= 0.3 is 0 Å². The van der Waals surface area contributed by atoms with Gasteiger partial charge in [0.05, 0.1) is 12.7 Å². The number of benzene rings is 1. The van der Waals surface area contributed by atoms with Crippen LogP contribution >= 0.6 is 0 Å². The number of amides is 2. The van der Waals surface area contributed by atoms with E-state index < -0.39 is 27.5 Å². The summed E-state index contributed by atoms with van der Waals surface area (Å²) in [5.41, 5.74) is -0.491. The average molecular weight is 782 g/mol. The molecule has 1 aromatic rings. The van der Waals surface area contributed by atoms with Crippen molar-refractivity contribution < 1.29 is 116 Å². The summed E-state index contributed by atoms with van der Waals surface area (Å²) in [5, 5.41) is 2.91. The molecule has 7 nitrogen and oxygen atoms in total. The normalized spacial score (nSPS) is 21.5. The van der Waals surface area contributed by atoms with Crippen LogP contribution in [0.5, 0.6) is 0 Å². The van der Waals surface area contributed by atoms with E-state index in [9.17, 15) is 18.0 Å². The predicted octanol–water partition coefficient (Wildman–Crippen LogP) is 3.50. The monoisotopic (exact) mass is 782 g/mol. The zero-order chi connectivity index (χ0) is 26.7. The smallest absolute Gasteiger partial charge is 0.244 e. The van der Waals surface area contributed by atoms with Gasteiger partial charge in [-0.05, 0) is 61.2 Å². The Hall–Kier alpha value is 1.45. The maximum atomic E-state index is 14.0. The van der Waals surface area contributed by atoms with Crippen molar-refractivity contribution in [1.29, 1.82) is 0 Å². The third kappa shape index (κ3) is 10.3. The summed E-state index contributed by atoms with van der Waals surface area (Å²) < 4.78 is 29.5. The number of sulfonamides is 1. The summed E-state index contributed by atoms with van der Waals surface area (Å²) in [4.78, 5) is 29.2. The van der Waals surface area contributed by atoms with Crippen LogP contribution in [-0.2, 0) is 118 Å². The van der Waals surface area contributed by atoms with Crippen LogP contribution in [0, 0.1) is 24.7 Å². The fourth-order valence-electron chi connectivity index (χ4n) is 5.43.